The number of carboxylic acid groups (broad SMARTS) is 1. The maximum atomic E-state index is 10.9. The summed E-state index contributed by atoms with van der Waals surface area (Å²) < 4.78 is 0. The molecule has 0 fully saturated rings. The number of aliphatic carboxylic acids is 1. The molecule has 1 heterocycles. The van der Waals surface area contributed by atoms with Crippen LogP contribution in [-0.2, 0) is 4.79 Å². The molecule has 88 valence electrons. The van der Waals surface area contributed by atoms with E-state index in [-0.39, 0.29) is 5.75 Å². The first-order valence-corrected chi connectivity index (χ1v) is 5.40. The van der Waals surface area contributed by atoms with Gasteiger partial charge >= 0.3 is 5.97 Å². The van der Waals surface area contributed by atoms with Crippen molar-refractivity contribution in [3.05, 3.63) is 53.7 Å². The van der Waals surface area contributed by atoms with Crippen LogP contribution in [-0.4, -0.2) is 21.2 Å². The SMILES string of the molecule is O=C(O)/C=C1/c2cc(O)ccc2-c2ncccc21. The molecule has 0 saturated carbocycles. The average Bonchev–Trinajstić information content (AvgIpc) is 2.63. The van der Waals surface area contributed by atoms with Crippen LogP contribution in [0.4, 0.5) is 0 Å². The fraction of sp³-hybridized carbons (Fsp3) is 0. The number of aromatic hydroxyl groups is 1. The van der Waals surface area contributed by atoms with Crippen molar-refractivity contribution < 1.29 is 15.0 Å². The minimum Gasteiger partial charge on any atom is -0.508 e. The van der Waals surface area contributed by atoms with Crippen LogP contribution < -0.4 is 0 Å². The van der Waals surface area contributed by atoms with Crippen molar-refractivity contribution in [3.8, 4) is 17.0 Å². The van der Waals surface area contributed by atoms with Gasteiger partial charge in [-0.25, -0.2) is 4.79 Å². The number of hydrogen-bond donors (Lipinski definition) is 2. The van der Waals surface area contributed by atoms with Crippen LogP contribution in [0.25, 0.3) is 16.8 Å². The topological polar surface area (TPSA) is 70.4 Å². The molecule has 1 aromatic carbocycles. The zero-order chi connectivity index (χ0) is 12.7. The smallest absolute Gasteiger partial charge is 0.328 e. The summed E-state index contributed by atoms with van der Waals surface area (Å²) in [5.41, 5.74) is 3.65. The van der Waals surface area contributed by atoms with Gasteiger partial charge in [0.15, 0.2) is 0 Å². The number of rotatable bonds is 1. The predicted octanol–water partition coefficient (Wildman–Crippen LogP) is 2.28. The average molecular weight is 239 g/mol. The summed E-state index contributed by atoms with van der Waals surface area (Å²) in [6.07, 6.45) is 2.81. The van der Waals surface area contributed by atoms with E-state index >= 15 is 0 Å². The zero-order valence-corrected chi connectivity index (χ0v) is 9.29. The Kier molecular flexibility index (Phi) is 2.16. The normalized spacial score (nSPS) is 14.3. The van der Waals surface area contributed by atoms with E-state index in [0.29, 0.717) is 11.1 Å². The van der Waals surface area contributed by atoms with Gasteiger partial charge in [-0.1, -0.05) is 6.07 Å². The van der Waals surface area contributed by atoms with Gasteiger partial charge in [-0.3, -0.25) is 4.98 Å². The van der Waals surface area contributed by atoms with E-state index in [4.69, 9.17) is 5.11 Å². The number of carbonyl (C=O) groups is 1. The first-order chi connectivity index (χ1) is 8.66. The van der Waals surface area contributed by atoms with Gasteiger partial charge in [-0.2, -0.15) is 0 Å². The lowest BCUT2D eigenvalue weighted by molar-refractivity contribution is -0.131. The molecule has 0 unspecified atom stereocenters. The van der Waals surface area contributed by atoms with Crippen LogP contribution in [0, 0.1) is 0 Å². The molecule has 18 heavy (non-hydrogen) atoms. The predicted molar refractivity (Wildman–Crippen MR) is 66.1 cm³/mol. The van der Waals surface area contributed by atoms with E-state index in [9.17, 15) is 9.90 Å². The molecular weight excluding hydrogens is 230 g/mol. The Morgan fingerprint density at radius 3 is 2.78 bits per heavy atom. The lowest BCUT2D eigenvalue weighted by atomic mass is 10.0. The van der Waals surface area contributed by atoms with Crippen molar-refractivity contribution in [2.75, 3.05) is 0 Å². The molecule has 0 atom stereocenters. The Labute approximate surface area is 103 Å². The summed E-state index contributed by atoms with van der Waals surface area (Å²) in [6.45, 7) is 0. The molecule has 0 amide bonds. The van der Waals surface area contributed by atoms with Gasteiger partial charge in [0.1, 0.15) is 5.75 Å². The van der Waals surface area contributed by atoms with Gasteiger partial charge in [-0.15, -0.1) is 0 Å². The van der Waals surface area contributed by atoms with Crippen molar-refractivity contribution >= 4 is 11.5 Å². The Hall–Kier alpha value is -2.62. The standard InChI is InChI=1S/C14H9NO3/c16-8-3-4-10-11(6-8)12(7-13(17)18)9-2-1-5-15-14(9)10/h1-7,16H,(H,17,18)/b12-7+. The maximum absolute atomic E-state index is 10.9. The quantitative estimate of drug-likeness (QED) is 0.639. The molecule has 0 radical (unpaired) electrons. The summed E-state index contributed by atoms with van der Waals surface area (Å²) in [6, 6.07) is 8.47. The molecule has 2 N–H and O–H groups in total. The summed E-state index contributed by atoms with van der Waals surface area (Å²) in [5, 5.41) is 18.5. The van der Waals surface area contributed by atoms with Crippen molar-refractivity contribution in [1.29, 1.82) is 0 Å². The van der Waals surface area contributed by atoms with Crippen LogP contribution >= 0.6 is 0 Å². The molecule has 0 spiro atoms. The van der Waals surface area contributed by atoms with E-state index < -0.39 is 5.97 Å². The first kappa shape index (κ1) is 10.5. The number of carboxylic acids is 1. The van der Waals surface area contributed by atoms with E-state index in [1.54, 1.807) is 30.5 Å². The highest BCUT2D eigenvalue weighted by atomic mass is 16.4. The number of phenolic OH excluding ortho intramolecular Hbond substituents is 1. The summed E-state index contributed by atoms with van der Waals surface area (Å²) in [7, 11) is 0. The highest BCUT2D eigenvalue weighted by Crippen LogP contribution is 2.43. The highest BCUT2D eigenvalue weighted by Gasteiger charge is 2.25. The van der Waals surface area contributed by atoms with E-state index in [1.807, 2.05) is 6.07 Å². The van der Waals surface area contributed by atoms with Gasteiger partial charge in [0.25, 0.3) is 0 Å². The van der Waals surface area contributed by atoms with Crippen molar-refractivity contribution in [2.45, 2.75) is 0 Å². The van der Waals surface area contributed by atoms with Crippen LogP contribution in [0.3, 0.4) is 0 Å². The first-order valence-electron chi connectivity index (χ1n) is 5.40. The molecule has 0 saturated heterocycles. The second-order valence-electron chi connectivity index (χ2n) is 4.03. The maximum Gasteiger partial charge on any atom is 0.328 e. The van der Waals surface area contributed by atoms with Crippen molar-refractivity contribution in [2.24, 2.45) is 0 Å². The number of phenols is 1. The Morgan fingerprint density at radius 2 is 2.00 bits per heavy atom. The number of aromatic nitrogens is 1. The van der Waals surface area contributed by atoms with Gasteiger partial charge in [0, 0.05) is 23.4 Å². The summed E-state index contributed by atoms with van der Waals surface area (Å²) in [5.74, 6) is -0.908. The molecule has 2 aromatic rings. The van der Waals surface area contributed by atoms with Gasteiger partial charge in [-0.05, 0) is 35.4 Å². The molecule has 1 aliphatic carbocycles. The number of hydrogen-bond acceptors (Lipinski definition) is 3. The molecular formula is C14H9NO3. The van der Waals surface area contributed by atoms with Crippen LogP contribution in [0.15, 0.2) is 42.6 Å². The third-order valence-electron chi connectivity index (χ3n) is 2.91. The molecule has 0 aliphatic heterocycles. The Bertz CT molecular complexity index is 689. The monoisotopic (exact) mass is 239 g/mol. The fourth-order valence-electron chi connectivity index (χ4n) is 2.22. The van der Waals surface area contributed by atoms with Crippen molar-refractivity contribution in [3.63, 3.8) is 0 Å². The van der Waals surface area contributed by atoms with Gasteiger partial charge in [0.05, 0.1) is 5.69 Å². The van der Waals surface area contributed by atoms with E-state index in [0.717, 1.165) is 22.9 Å². The highest BCUT2D eigenvalue weighted by molar-refractivity contribution is 6.05. The summed E-state index contributed by atoms with van der Waals surface area (Å²) in [4.78, 5) is 15.2. The third kappa shape index (κ3) is 1.47. The number of pyridine rings is 1. The molecule has 3 rings (SSSR count). The third-order valence-corrected chi connectivity index (χ3v) is 2.91. The fourth-order valence-corrected chi connectivity index (χ4v) is 2.22. The van der Waals surface area contributed by atoms with Crippen LogP contribution in [0.2, 0.25) is 0 Å². The molecule has 0 bridgehead atoms. The van der Waals surface area contributed by atoms with Crippen LogP contribution in [0.1, 0.15) is 11.1 Å². The largest absolute Gasteiger partial charge is 0.508 e. The molecule has 4 nitrogen and oxygen atoms in total. The molecule has 1 aromatic heterocycles. The van der Waals surface area contributed by atoms with Crippen molar-refractivity contribution in [1.82, 2.24) is 4.98 Å². The number of benzene rings is 1. The summed E-state index contributed by atoms with van der Waals surface area (Å²) >= 11 is 0. The Morgan fingerprint density at radius 1 is 1.17 bits per heavy atom. The number of nitrogens with zero attached hydrogens (tertiary/aromatic N) is 1. The minimum atomic E-state index is -1.02. The van der Waals surface area contributed by atoms with E-state index in [1.165, 1.54) is 0 Å². The second-order valence-corrected chi connectivity index (χ2v) is 4.03. The van der Waals surface area contributed by atoms with Crippen LogP contribution in [0.5, 0.6) is 5.75 Å². The van der Waals surface area contributed by atoms with E-state index in [2.05, 4.69) is 4.98 Å². The molecule has 1 aliphatic rings. The lowest BCUT2D eigenvalue weighted by Gasteiger charge is -2.01. The second kappa shape index (κ2) is 3.70. The number of fused-ring (bicyclic) bond motifs is 3. The minimum absolute atomic E-state index is 0.109. The molecule has 4 heteroatoms. The Balaban J connectivity index is 2.35. The zero-order valence-electron chi connectivity index (χ0n) is 9.29. The van der Waals surface area contributed by atoms with Gasteiger partial charge < -0.3 is 10.2 Å². The lowest BCUT2D eigenvalue weighted by Crippen LogP contribution is -1.91. The van der Waals surface area contributed by atoms with Gasteiger partial charge in [0.2, 0.25) is 0 Å².